The molecular weight excluding hydrogens is 196 g/mol. The summed E-state index contributed by atoms with van der Waals surface area (Å²) in [4.78, 5) is 2.84. The summed E-state index contributed by atoms with van der Waals surface area (Å²) >= 11 is 0. The molecule has 1 aliphatic carbocycles. The van der Waals surface area contributed by atoms with Crippen LogP contribution in [0, 0.1) is 0 Å². The standard InChI is InChI=1S/C14H28N2/c1-3-13-6-4-5-11-16(13)14-9-7-12(15-2)8-10-14/h12-15H,3-11H2,1-2H3. The lowest BCUT2D eigenvalue weighted by Gasteiger charge is -2.43. The van der Waals surface area contributed by atoms with Crippen molar-refractivity contribution in [1.29, 1.82) is 0 Å². The zero-order valence-corrected chi connectivity index (χ0v) is 11.0. The van der Waals surface area contributed by atoms with Gasteiger partial charge in [0.15, 0.2) is 0 Å². The zero-order valence-electron chi connectivity index (χ0n) is 11.0. The highest BCUT2D eigenvalue weighted by molar-refractivity contribution is 4.87. The Kier molecular flexibility index (Phi) is 4.66. The first-order chi connectivity index (χ1) is 7.85. The Bertz CT molecular complexity index is 197. The Morgan fingerprint density at radius 3 is 2.44 bits per heavy atom. The third kappa shape index (κ3) is 2.78. The van der Waals surface area contributed by atoms with Gasteiger partial charge in [0.05, 0.1) is 0 Å². The second kappa shape index (κ2) is 6.02. The fraction of sp³-hybridized carbons (Fsp3) is 1.00. The highest BCUT2D eigenvalue weighted by atomic mass is 15.2. The predicted molar refractivity (Wildman–Crippen MR) is 69.7 cm³/mol. The highest BCUT2D eigenvalue weighted by Crippen LogP contribution is 2.29. The van der Waals surface area contributed by atoms with Crippen LogP contribution in [0.5, 0.6) is 0 Å². The molecular formula is C14H28N2. The lowest BCUT2D eigenvalue weighted by molar-refractivity contribution is 0.0653. The van der Waals surface area contributed by atoms with Gasteiger partial charge in [0.25, 0.3) is 0 Å². The number of nitrogens with zero attached hydrogens (tertiary/aromatic N) is 1. The zero-order chi connectivity index (χ0) is 11.4. The minimum absolute atomic E-state index is 0.793. The van der Waals surface area contributed by atoms with Crippen molar-refractivity contribution in [2.75, 3.05) is 13.6 Å². The van der Waals surface area contributed by atoms with Crippen LogP contribution < -0.4 is 5.32 Å². The first kappa shape index (κ1) is 12.4. The van der Waals surface area contributed by atoms with Gasteiger partial charge in [-0.25, -0.2) is 0 Å². The van der Waals surface area contributed by atoms with Crippen molar-refractivity contribution < 1.29 is 0 Å². The fourth-order valence-corrected chi connectivity index (χ4v) is 3.64. The lowest BCUT2D eigenvalue weighted by Crippen LogP contribution is -2.48. The molecule has 0 spiro atoms. The quantitative estimate of drug-likeness (QED) is 0.793. The molecule has 2 nitrogen and oxygen atoms in total. The van der Waals surface area contributed by atoms with Crippen molar-refractivity contribution in [1.82, 2.24) is 10.2 Å². The lowest BCUT2D eigenvalue weighted by atomic mass is 9.87. The summed E-state index contributed by atoms with van der Waals surface area (Å²) in [6, 6.07) is 2.58. The topological polar surface area (TPSA) is 15.3 Å². The monoisotopic (exact) mass is 224 g/mol. The Morgan fingerprint density at radius 2 is 1.81 bits per heavy atom. The van der Waals surface area contributed by atoms with Crippen molar-refractivity contribution >= 4 is 0 Å². The minimum Gasteiger partial charge on any atom is -0.317 e. The van der Waals surface area contributed by atoms with E-state index in [-0.39, 0.29) is 0 Å². The van der Waals surface area contributed by atoms with Gasteiger partial charge < -0.3 is 5.32 Å². The molecule has 2 heteroatoms. The summed E-state index contributed by atoms with van der Waals surface area (Å²) in [7, 11) is 2.11. The van der Waals surface area contributed by atoms with E-state index in [9.17, 15) is 0 Å². The van der Waals surface area contributed by atoms with E-state index in [1.54, 1.807) is 0 Å². The van der Waals surface area contributed by atoms with Crippen LogP contribution in [0.3, 0.4) is 0 Å². The second-order valence-corrected chi connectivity index (χ2v) is 5.59. The third-order valence-electron chi connectivity index (χ3n) is 4.72. The summed E-state index contributed by atoms with van der Waals surface area (Å²) in [5.74, 6) is 0. The molecule has 1 saturated heterocycles. The first-order valence-corrected chi connectivity index (χ1v) is 7.28. The van der Waals surface area contributed by atoms with E-state index in [4.69, 9.17) is 0 Å². The number of likely N-dealkylation sites (tertiary alicyclic amines) is 1. The Hall–Kier alpha value is -0.0800. The molecule has 1 atom stereocenters. The average molecular weight is 224 g/mol. The van der Waals surface area contributed by atoms with Gasteiger partial charge in [-0.3, -0.25) is 4.90 Å². The van der Waals surface area contributed by atoms with Gasteiger partial charge in [-0.05, 0) is 58.5 Å². The summed E-state index contributed by atoms with van der Waals surface area (Å²) in [6.07, 6.45) is 11.3. The molecule has 0 amide bonds. The smallest absolute Gasteiger partial charge is 0.00993 e. The number of rotatable bonds is 3. The van der Waals surface area contributed by atoms with Crippen LogP contribution in [0.1, 0.15) is 58.3 Å². The van der Waals surface area contributed by atoms with Crippen molar-refractivity contribution in [3.63, 3.8) is 0 Å². The molecule has 1 heterocycles. The highest BCUT2D eigenvalue weighted by Gasteiger charge is 2.30. The van der Waals surface area contributed by atoms with Gasteiger partial charge >= 0.3 is 0 Å². The van der Waals surface area contributed by atoms with Crippen molar-refractivity contribution in [2.45, 2.75) is 76.4 Å². The van der Waals surface area contributed by atoms with E-state index in [0.717, 1.165) is 18.1 Å². The average Bonchev–Trinajstić information content (AvgIpc) is 2.39. The Balaban J connectivity index is 1.86. The van der Waals surface area contributed by atoms with E-state index >= 15 is 0 Å². The molecule has 1 unspecified atom stereocenters. The summed E-state index contributed by atoms with van der Waals surface area (Å²) in [5, 5.41) is 3.43. The van der Waals surface area contributed by atoms with Gasteiger partial charge in [-0.15, -0.1) is 0 Å². The van der Waals surface area contributed by atoms with E-state index in [0.29, 0.717) is 0 Å². The number of hydrogen-bond acceptors (Lipinski definition) is 2. The summed E-state index contributed by atoms with van der Waals surface area (Å²) < 4.78 is 0. The van der Waals surface area contributed by atoms with Crippen molar-refractivity contribution in [3.05, 3.63) is 0 Å². The molecule has 0 radical (unpaired) electrons. The van der Waals surface area contributed by atoms with Gasteiger partial charge in [-0.1, -0.05) is 13.3 Å². The maximum Gasteiger partial charge on any atom is 0.00993 e. The molecule has 0 bridgehead atoms. The van der Waals surface area contributed by atoms with E-state index in [1.165, 1.54) is 57.9 Å². The van der Waals surface area contributed by atoms with E-state index in [1.807, 2.05) is 0 Å². The molecule has 0 aromatic rings. The minimum atomic E-state index is 0.793. The van der Waals surface area contributed by atoms with Crippen molar-refractivity contribution in [2.24, 2.45) is 0 Å². The van der Waals surface area contributed by atoms with Crippen LogP contribution in [0.15, 0.2) is 0 Å². The van der Waals surface area contributed by atoms with E-state index < -0.39 is 0 Å². The Morgan fingerprint density at radius 1 is 1.06 bits per heavy atom. The van der Waals surface area contributed by atoms with Crippen LogP contribution in [-0.2, 0) is 0 Å². The van der Waals surface area contributed by atoms with Crippen LogP contribution in [0.4, 0.5) is 0 Å². The fourth-order valence-electron chi connectivity index (χ4n) is 3.64. The van der Waals surface area contributed by atoms with Gasteiger partial charge in [0.2, 0.25) is 0 Å². The van der Waals surface area contributed by atoms with Crippen LogP contribution >= 0.6 is 0 Å². The normalized spacial score (nSPS) is 37.5. The largest absolute Gasteiger partial charge is 0.317 e. The molecule has 1 saturated carbocycles. The molecule has 1 N–H and O–H groups in total. The predicted octanol–water partition coefficient (Wildman–Crippen LogP) is 2.78. The molecule has 16 heavy (non-hydrogen) atoms. The SMILES string of the molecule is CCC1CCCCN1C1CCC(NC)CC1. The maximum absolute atomic E-state index is 3.43. The van der Waals surface area contributed by atoms with Gasteiger partial charge in [0.1, 0.15) is 0 Å². The third-order valence-corrected chi connectivity index (χ3v) is 4.72. The number of nitrogens with one attached hydrogen (secondary N) is 1. The van der Waals surface area contributed by atoms with E-state index in [2.05, 4.69) is 24.2 Å². The summed E-state index contributed by atoms with van der Waals surface area (Å²) in [6.45, 7) is 3.73. The molecule has 2 rings (SSSR count). The first-order valence-electron chi connectivity index (χ1n) is 7.28. The number of piperidine rings is 1. The van der Waals surface area contributed by atoms with Gasteiger partial charge in [0, 0.05) is 18.1 Å². The van der Waals surface area contributed by atoms with Gasteiger partial charge in [-0.2, -0.15) is 0 Å². The molecule has 2 fully saturated rings. The Labute approximate surface area is 101 Å². The molecule has 0 aromatic heterocycles. The molecule has 94 valence electrons. The maximum atomic E-state index is 3.43. The van der Waals surface area contributed by atoms with Crippen LogP contribution in [-0.4, -0.2) is 36.6 Å². The summed E-state index contributed by atoms with van der Waals surface area (Å²) in [5.41, 5.74) is 0. The second-order valence-electron chi connectivity index (χ2n) is 5.59. The van der Waals surface area contributed by atoms with Crippen molar-refractivity contribution in [3.8, 4) is 0 Å². The molecule has 0 aromatic carbocycles. The van der Waals surface area contributed by atoms with Crippen LogP contribution in [0.25, 0.3) is 0 Å². The molecule has 2 aliphatic rings. The van der Waals surface area contributed by atoms with Crippen LogP contribution in [0.2, 0.25) is 0 Å². The number of hydrogen-bond donors (Lipinski definition) is 1. The molecule has 1 aliphatic heterocycles.